The molecule has 2 atom stereocenters. The molecule has 2 aromatic rings. The maximum atomic E-state index is 9.84. The number of nitrogens with zero attached hydrogens (tertiary/aromatic N) is 1. The monoisotopic (exact) mass is 295 g/mol. The second kappa shape index (κ2) is 6.43. The molecule has 2 unspecified atom stereocenters. The predicted octanol–water partition coefficient (Wildman–Crippen LogP) is 4.07. The normalized spacial score (nSPS) is 21.0. The number of hydrogen-bond donors (Lipinski definition) is 1. The van der Waals surface area contributed by atoms with Crippen LogP contribution in [-0.4, -0.2) is 30.0 Å². The summed E-state index contributed by atoms with van der Waals surface area (Å²) in [5.74, 6) is 1.17. The molecule has 0 bridgehead atoms. The second-order valence-electron chi connectivity index (χ2n) is 6.93. The van der Waals surface area contributed by atoms with Crippen LogP contribution in [0.1, 0.15) is 36.8 Å². The van der Waals surface area contributed by atoms with Crippen molar-refractivity contribution in [1.82, 2.24) is 4.81 Å². The molecule has 0 saturated carbocycles. The van der Waals surface area contributed by atoms with E-state index < -0.39 is 0 Å². The van der Waals surface area contributed by atoms with E-state index in [2.05, 4.69) is 55.1 Å². The molecule has 1 aliphatic heterocycles. The Bertz CT molecular complexity index is 655. The summed E-state index contributed by atoms with van der Waals surface area (Å²) in [6.07, 6.45) is 2.45. The van der Waals surface area contributed by atoms with Crippen molar-refractivity contribution in [2.45, 2.75) is 39.4 Å². The first kappa shape index (κ1) is 15.6. The third kappa shape index (κ3) is 3.21. The Labute approximate surface area is 134 Å². The van der Waals surface area contributed by atoms with Gasteiger partial charge < -0.3 is 9.83 Å². The standard InChI is InChI=1S/C19H26BNO/c1-14-6-7-18-12-16(8-9-17(18)11-14)15(2)19-5-4-10-21(13-19)20(3)22/h6-9,11-12,15,19,22H,4-5,10,13H2,1-3H3. The summed E-state index contributed by atoms with van der Waals surface area (Å²) >= 11 is 0. The van der Waals surface area contributed by atoms with Gasteiger partial charge in [0.15, 0.2) is 0 Å². The van der Waals surface area contributed by atoms with Crippen LogP contribution in [0.5, 0.6) is 0 Å². The van der Waals surface area contributed by atoms with Crippen molar-refractivity contribution in [3.8, 4) is 0 Å². The van der Waals surface area contributed by atoms with Crippen LogP contribution in [0.3, 0.4) is 0 Å². The first-order valence-corrected chi connectivity index (χ1v) is 8.47. The summed E-state index contributed by atoms with van der Waals surface area (Å²) in [5, 5.41) is 12.5. The summed E-state index contributed by atoms with van der Waals surface area (Å²) in [4.78, 5) is 2.20. The maximum absolute atomic E-state index is 9.84. The van der Waals surface area contributed by atoms with E-state index in [4.69, 9.17) is 0 Å². The zero-order chi connectivity index (χ0) is 15.7. The van der Waals surface area contributed by atoms with E-state index in [1.807, 2.05) is 6.82 Å². The van der Waals surface area contributed by atoms with E-state index in [9.17, 15) is 5.02 Å². The maximum Gasteiger partial charge on any atom is 0.376 e. The third-order valence-corrected chi connectivity index (χ3v) is 5.27. The van der Waals surface area contributed by atoms with Gasteiger partial charge in [-0.2, -0.15) is 0 Å². The van der Waals surface area contributed by atoms with Gasteiger partial charge in [0.05, 0.1) is 0 Å². The molecule has 116 valence electrons. The number of rotatable bonds is 3. The molecule has 0 radical (unpaired) electrons. The van der Waals surface area contributed by atoms with Crippen LogP contribution in [-0.2, 0) is 0 Å². The van der Waals surface area contributed by atoms with Gasteiger partial charge in [-0.25, -0.2) is 0 Å². The van der Waals surface area contributed by atoms with Gasteiger partial charge in [0.2, 0.25) is 0 Å². The summed E-state index contributed by atoms with van der Waals surface area (Å²) in [6.45, 7) is 8.39. The molecular formula is C19H26BNO. The van der Waals surface area contributed by atoms with Gasteiger partial charge >= 0.3 is 7.05 Å². The molecule has 1 heterocycles. The largest absolute Gasteiger partial charge is 0.437 e. The number of hydrogen-bond acceptors (Lipinski definition) is 2. The highest BCUT2D eigenvalue weighted by atomic mass is 16.2. The van der Waals surface area contributed by atoms with Crippen molar-refractivity contribution >= 4 is 17.8 Å². The highest BCUT2D eigenvalue weighted by Gasteiger charge is 2.28. The zero-order valence-corrected chi connectivity index (χ0v) is 13.9. The van der Waals surface area contributed by atoms with Gasteiger partial charge in [0, 0.05) is 0 Å². The van der Waals surface area contributed by atoms with Crippen molar-refractivity contribution in [2.75, 3.05) is 13.1 Å². The van der Waals surface area contributed by atoms with Gasteiger partial charge in [-0.05, 0) is 67.8 Å². The minimum atomic E-state index is -0.324. The molecule has 1 aliphatic rings. The lowest BCUT2D eigenvalue weighted by molar-refractivity contribution is 0.222. The highest BCUT2D eigenvalue weighted by Crippen LogP contribution is 2.33. The quantitative estimate of drug-likeness (QED) is 0.863. The van der Waals surface area contributed by atoms with Crippen LogP contribution in [0, 0.1) is 12.8 Å². The van der Waals surface area contributed by atoms with E-state index >= 15 is 0 Å². The number of piperidine rings is 1. The Kier molecular flexibility index (Phi) is 4.55. The predicted molar refractivity (Wildman–Crippen MR) is 95.2 cm³/mol. The molecule has 3 rings (SSSR count). The molecule has 0 aromatic heterocycles. The molecule has 22 heavy (non-hydrogen) atoms. The van der Waals surface area contributed by atoms with Crippen molar-refractivity contribution in [1.29, 1.82) is 0 Å². The first-order valence-electron chi connectivity index (χ1n) is 8.47. The summed E-state index contributed by atoms with van der Waals surface area (Å²) in [6, 6.07) is 13.5. The molecule has 2 nitrogen and oxygen atoms in total. The van der Waals surface area contributed by atoms with Crippen LogP contribution < -0.4 is 0 Å². The SMILES string of the molecule is CB(O)N1CCCC(C(C)c2ccc3cc(C)ccc3c2)C1. The molecule has 0 aliphatic carbocycles. The molecule has 0 amide bonds. The molecule has 1 fully saturated rings. The van der Waals surface area contributed by atoms with Gasteiger partial charge in [-0.15, -0.1) is 0 Å². The summed E-state index contributed by atoms with van der Waals surface area (Å²) in [5.41, 5.74) is 2.74. The Morgan fingerprint density at radius 2 is 1.91 bits per heavy atom. The summed E-state index contributed by atoms with van der Waals surface area (Å²) < 4.78 is 0. The van der Waals surface area contributed by atoms with Gasteiger partial charge in [0.25, 0.3) is 0 Å². The Hall–Kier alpha value is -1.32. The van der Waals surface area contributed by atoms with Gasteiger partial charge in [0.1, 0.15) is 0 Å². The minimum Gasteiger partial charge on any atom is -0.437 e. The third-order valence-electron chi connectivity index (χ3n) is 5.27. The van der Waals surface area contributed by atoms with Gasteiger partial charge in [-0.3, -0.25) is 0 Å². The van der Waals surface area contributed by atoms with E-state index in [1.165, 1.54) is 34.7 Å². The van der Waals surface area contributed by atoms with E-state index in [-0.39, 0.29) is 7.05 Å². The molecule has 2 aromatic carbocycles. The topological polar surface area (TPSA) is 23.5 Å². The van der Waals surface area contributed by atoms with Crippen molar-refractivity contribution in [3.63, 3.8) is 0 Å². The van der Waals surface area contributed by atoms with Crippen LogP contribution in [0.2, 0.25) is 6.82 Å². The first-order chi connectivity index (χ1) is 10.5. The molecule has 1 saturated heterocycles. The molecule has 0 spiro atoms. The molecule has 1 N–H and O–H groups in total. The number of fused-ring (bicyclic) bond motifs is 1. The fraction of sp³-hybridized carbons (Fsp3) is 0.474. The van der Waals surface area contributed by atoms with E-state index in [1.54, 1.807) is 0 Å². The fourth-order valence-corrected chi connectivity index (χ4v) is 3.73. The fourth-order valence-electron chi connectivity index (χ4n) is 3.73. The molecular weight excluding hydrogens is 269 g/mol. The highest BCUT2D eigenvalue weighted by molar-refractivity contribution is 6.45. The van der Waals surface area contributed by atoms with E-state index in [0.29, 0.717) is 11.8 Å². The summed E-state index contributed by atoms with van der Waals surface area (Å²) in [7, 11) is -0.324. The van der Waals surface area contributed by atoms with Crippen LogP contribution in [0.25, 0.3) is 10.8 Å². The number of aryl methyl sites for hydroxylation is 1. The minimum absolute atomic E-state index is 0.324. The second-order valence-corrected chi connectivity index (χ2v) is 6.93. The lowest BCUT2D eigenvalue weighted by Gasteiger charge is -2.36. The lowest BCUT2D eigenvalue weighted by atomic mass is 9.76. The van der Waals surface area contributed by atoms with Crippen LogP contribution in [0.15, 0.2) is 36.4 Å². The molecule has 3 heteroatoms. The average Bonchev–Trinajstić information content (AvgIpc) is 2.53. The average molecular weight is 295 g/mol. The Morgan fingerprint density at radius 1 is 1.18 bits per heavy atom. The lowest BCUT2D eigenvalue weighted by Crippen LogP contribution is -2.45. The van der Waals surface area contributed by atoms with E-state index in [0.717, 1.165) is 13.1 Å². The zero-order valence-electron chi connectivity index (χ0n) is 13.9. The number of benzene rings is 2. The Balaban J connectivity index is 1.82. The van der Waals surface area contributed by atoms with Gasteiger partial charge in [-0.1, -0.05) is 48.9 Å². The van der Waals surface area contributed by atoms with Crippen molar-refractivity contribution in [2.24, 2.45) is 5.92 Å². The van der Waals surface area contributed by atoms with Crippen LogP contribution >= 0.6 is 0 Å². The van der Waals surface area contributed by atoms with Crippen molar-refractivity contribution < 1.29 is 5.02 Å². The van der Waals surface area contributed by atoms with Crippen molar-refractivity contribution in [3.05, 3.63) is 47.5 Å². The Morgan fingerprint density at radius 3 is 2.68 bits per heavy atom. The smallest absolute Gasteiger partial charge is 0.376 e. The van der Waals surface area contributed by atoms with Crippen LogP contribution in [0.4, 0.5) is 0 Å².